The molecule has 20 heavy (non-hydrogen) atoms. The lowest BCUT2D eigenvalue weighted by Gasteiger charge is -2.13. The van der Waals surface area contributed by atoms with Crippen LogP contribution < -0.4 is 5.32 Å². The molecule has 5 heteroatoms. The van der Waals surface area contributed by atoms with Crippen molar-refractivity contribution < 1.29 is 13.2 Å². The van der Waals surface area contributed by atoms with E-state index in [1.54, 1.807) is 13.1 Å². The summed E-state index contributed by atoms with van der Waals surface area (Å²) in [4.78, 5) is 3.81. The third kappa shape index (κ3) is 3.17. The first-order valence-electron chi connectivity index (χ1n) is 6.20. The molecular formula is C15H15F3N2. The summed E-state index contributed by atoms with van der Waals surface area (Å²) in [7, 11) is 1.75. The van der Waals surface area contributed by atoms with E-state index in [-0.39, 0.29) is 0 Å². The molecule has 0 saturated heterocycles. The number of hydrogen-bond donors (Lipinski definition) is 1. The summed E-state index contributed by atoms with van der Waals surface area (Å²) in [5.41, 5.74) is 1.93. The number of nitrogens with zero attached hydrogens (tertiary/aromatic N) is 1. The van der Waals surface area contributed by atoms with Gasteiger partial charge in [-0.1, -0.05) is 29.8 Å². The molecule has 2 aromatic rings. The average molecular weight is 280 g/mol. The minimum atomic E-state index is -4.43. The maximum atomic E-state index is 12.8. The number of hydrogen-bond acceptors (Lipinski definition) is 2. The smallest absolute Gasteiger partial charge is 0.316 e. The third-order valence-corrected chi connectivity index (χ3v) is 2.93. The first kappa shape index (κ1) is 14.5. The highest BCUT2D eigenvalue weighted by Crippen LogP contribution is 2.31. The van der Waals surface area contributed by atoms with E-state index in [1.807, 2.05) is 25.1 Å². The van der Waals surface area contributed by atoms with Crippen molar-refractivity contribution >= 4 is 0 Å². The van der Waals surface area contributed by atoms with Gasteiger partial charge in [-0.15, -0.1) is 0 Å². The zero-order valence-electron chi connectivity index (χ0n) is 11.3. The van der Waals surface area contributed by atoms with E-state index in [9.17, 15) is 13.2 Å². The predicted octanol–water partition coefficient (Wildman–Crippen LogP) is 3.80. The molecule has 0 radical (unpaired) electrons. The lowest BCUT2D eigenvalue weighted by Crippen LogP contribution is -2.12. The van der Waals surface area contributed by atoms with Crippen molar-refractivity contribution in [3.8, 4) is 11.3 Å². The highest BCUT2D eigenvalue weighted by molar-refractivity contribution is 5.64. The Kier molecular flexibility index (Phi) is 4.09. The van der Waals surface area contributed by atoms with Gasteiger partial charge in [-0.3, -0.25) is 0 Å². The van der Waals surface area contributed by atoms with Crippen LogP contribution in [-0.2, 0) is 12.7 Å². The van der Waals surface area contributed by atoms with Crippen molar-refractivity contribution in [2.24, 2.45) is 0 Å². The van der Waals surface area contributed by atoms with Gasteiger partial charge in [-0.2, -0.15) is 13.2 Å². The predicted molar refractivity (Wildman–Crippen MR) is 72.2 cm³/mol. The molecule has 0 aliphatic rings. The van der Waals surface area contributed by atoms with Crippen molar-refractivity contribution in [2.75, 3.05) is 7.05 Å². The monoisotopic (exact) mass is 280 g/mol. The van der Waals surface area contributed by atoms with E-state index < -0.39 is 11.9 Å². The fraction of sp³-hybridized carbons (Fsp3) is 0.267. The van der Waals surface area contributed by atoms with Gasteiger partial charge in [0.1, 0.15) is 5.69 Å². The first-order chi connectivity index (χ1) is 9.41. The summed E-state index contributed by atoms with van der Waals surface area (Å²) in [6, 6.07) is 9.82. The molecule has 0 atom stereocenters. The van der Waals surface area contributed by atoms with Crippen LogP contribution in [0.15, 0.2) is 36.4 Å². The molecule has 1 aromatic carbocycles. The van der Waals surface area contributed by atoms with Crippen LogP contribution in [0.25, 0.3) is 11.3 Å². The van der Waals surface area contributed by atoms with Gasteiger partial charge >= 0.3 is 6.18 Å². The molecule has 0 unspecified atom stereocenters. The van der Waals surface area contributed by atoms with E-state index in [4.69, 9.17) is 0 Å². The second kappa shape index (κ2) is 5.63. The van der Waals surface area contributed by atoms with Gasteiger partial charge in [0.15, 0.2) is 0 Å². The minimum absolute atomic E-state index is 0.373. The standard InChI is InChI=1S/C15H15F3N2/c1-10-4-3-5-11(8-10)14-12(9-19-2)6-7-13(20-14)15(16,17)18/h3-8,19H,9H2,1-2H3. The Labute approximate surface area is 115 Å². The van der Waals surface area contributed by atoms with Crippen LogP contribution in [0.1, 0.15) is 16.8 Å². The van der Waals surface area contributed by atoms with E-state index >= 15 is 0 Å². The Morgan fingerprint density at radius 3 is 2.50 bits per heavy atom. The summed E-state index contributed by atoms with van der Waals surface area (Å²) >= 11 is 0. The Balaban J connectivity index is 2.58. The molecule has 106 valence electrons. The van der Waals surface area contributed by atoms with Crippen LogP contribution >= 0.6 is 0 Å². The average Bonchev–Trinajstić information content (AvgIpc) is 2.38. The van der Waals surface area contributed by atoms with E-state index in [0.29, 0.717) is 17.8 Å². The second-order valence-corrected chi connectivity index (χ2v) is 4.60. The van der Waals surface area contributed by atoms with Crippen LogP contribution in [0.4, 0.5) is 13.2 Å². The zero-order valence-corrected chi connectivity index (χ0v) is 11.3. The number of aromatic nitrogens is 1. The topological polar surface area (TPSA) is 24.9 Å². The number of alkyl halides is 3. The third-order valence-electron chi connectivity index (χ3n) is 2.93. The molecule has 2 rings (SSSR count). The summed E-state index contributed by atoms with van der Waals surface area (Å²) in [6.07, 6.45) is -4.43. The van der Waals surface area contributed by atoms with E-state index in [2.05, 4.69) is 10.3 Å². The molecule has 0 bridgehead atoms. The molecule has 1 N–H and O–H groups in total. The summed E-state index contributed by atoms with van der Waals surface area (Å²) in [6.45, 7) is 2.36. The number of pyridine rings is 1. The van der Waals surface area contributed by atoms with Gasteiger partial charge in [-0.05, 0) is 31.7 Å². The van der Waals surface area contributed by atoms with Crippen LogP contribution in [0, 0.1) is 6.92 Å². The Morgan fingerprint density at radius 2 is 1.90 bits per heavy atom. The lowest BCUT2D eigenvalue weighted by atomic mass is 10.0. The molecule has 1 aromatic heterocycles. The van der Waals surface area contributed by atoms with Crippen molar-refractivity contribution in [1.29, 1.82) is 0 Å². The number of rotatable bonds is 3. The van der Waals surface area contributed by atoms with E-state index in [0.717, 1.165) is 17.2 Å². The van der Waals surface area contributed by atoms with E-state index in [1.165, 1.54) is 6.07 Å². The van der Waals surface area contributed by atoms with Crippen molar-refractivity contribution in [1.82, 2.24) is 10.3 Å². The molecule has 0 aliphatic carbocycles. The molecule has 2 nitrogen and oxygen atoms in total. The molecule has 1 heterocycles. The number of aryl methyl sites for hydroxylation is 1. The number of nitrogens with one attached hydrogen (secondary N) is 1. The van der Waals surface area contributed by atoms with Crippen LogP contribution in [-0.4, -0.2) is 12.0 Å². The van der Waals surface area contributed by atoms with Crippen LogP contribution in [0.2, 0.25) is 0 Å². The SMILES string of the molecule is CNCc1ccc(C(F)(F)F)nc1-c1cccc(C)c1. The Morgan fingerprint density at radius 1 is 1.15 bits per heavy atom. The fourth-order valence-corrected chi connectivity index (χ4v) is 2.02. The van der Waals surface area contributed by atoms with Crippen molar-refractivity contribution in [3.05, 3.63) is 53.2 Å². The fourth-order valence-electron chi connectivity index (χ4n) is 2.02. The molecule has 0 amide bonds. The van der Waals surface area contributed by atoms with Crippen molar-refractivity contribution in [3.63, 3.8) is 0 Å². The van der Waals surface area contributed by atoms with Crippen LogP contribution in [0.3, 0.4) is 0 Å². The quantitative estimate of drug-likeness (QED) is 0.925. The molecule has 0 aliphatic heterocycles. The molecule has 0 spiro atoms. The Hall–Kier alpha value is -1.88. The van der Waals surface area contributed by atoms with Crippen molar-refractivity contribution in [2.45, 2.75) is 19.6 Å². The highest BCUT2D eigenvalue weighted by atomic mass is 19.4. The van der Waals surface area contributed by atoms with Gasteiger partial charge in [0, 0.05) is 12.1 Å². The molecule has 0 fully saturated rings. The van der Waals surface area contributed by atoms with Crippen LogP contribution in [0.5, 0.6) is 0 Å². The highest BCUT2D eigenvalue weighted by Gasteiger charge is 2.33. The minimum Gasteiger partial charge on any atom is -0.316 e. The zero-order chi connectivity index (χ0) is 14.8. The number of benzene rings is 1. The van der Waals surface area contributed by atoms with Gasteiger partial charge in [0.2, 0.25) is 0 Å². The maximum Gasteiger partial charge on any atom is 0.433 e. The normalized spacial score (nSPS) is 11.7. The first-order valence-corrected chi connectivity index (χ1v) is 6.20. The molecule has 0 saturated carbocycles. The number of halogens is 3. The van der Waals surface area contributed by atoms with Gasteiger partial charge in [-0.25, -0.2) is 4.98 Å². The molecular weight excluding hydrogens is 265 g/mol. The lowest BCUT2D eigenvalue weighted by molar-refractivity contribution is -0.141. The maximum absolute atomic E-state index is 12.8. The summed E-state index contributed by atoms with van der Waals surface area (Å²) in [5, 5.41) is 2.95. The van der Waals surface area contributed by atoms with Gasteiger partial charge in [0.05, 0.1) is 5.69 Å². The largest absolute Gasteiger partial charge is 0.433 e. The van der Waals surface area contributed by atoms with Gasteiger partial charge in [0.25, 0.3) is 0 Å². The summed E-state index contributed by atoms with van der Waals surface area (Å²) < 4.78 is 38.4. The summed E-state index contributed by atoms with van der Waals surface area (Å²) in [5.74, 6) is 0. The van der Waals surface area contributed by atoms with Gasteiger partial charge < -0.3 is 5.32 Å². The Bertz CT molecular complexity index is 606. The second-order valence-electron chi connectivity index (χ2n) is 4.60.